The standard InChI is InChI=1S/C10H8ClN5O3/c1-5-12-9(15-14-5)10(17)13-6-2-3-8(16(18)19)7(11)4-6/h2-4H,1H3,(H,13,17)(H,12,14,15). The van der Waals surface area contributed by atoms with Crippen molar-refractivity contribution >= 4 is 28.9 Å². The van der Waals surface area contributed by atoms with Gasteiger partial charge in [0, 0.05) is 11.8 Å². The summed E-state index contributed by atoms with van der Waals surface area (Å²) in [5.74, 6) is -0.0480. The summed E-state index contributed by atoms with van der Waals surface area (Å²) in [7, 11) is 0. The van der Waals surface area contributed by atoms with Crippen LogP contribution in [0.2, 0.25) is 5.02 Å². The Morgan fingerprint density at radius 1 is 1.53 bits per heavy atom. The smallest absolute Gasteiger partial charge is 0.295 e. The number of hydrogen-bond donors (Lipinski definition) is 2. The molecule has 0 fully saturated rings. The molecule has 0 saturated heterocycles. The molecule has 1 heterocycles. The minimum absolute atomic E-state index is 0.0213. The van der Waals surface area contributed by atoms with Crippen LogP contribution in [0.3, 0.4) is 0 Å². The molecule has 19 heavy (non-hydrogen) atoms. The molecule has 1 aromatic carbocycles. The number of carbonyl (C=O) groups excluding carboxylic acids is 1. The minimum Gasteiger partial charge on any atom is -0.319 e. The topological polar surface area (TPSA) is 114 Å². The number of nitro benzene ring substituents is 1. The van der Waals surface area contributed by atoms with Crippen molar-refractivity contribution in [3.63, 3.8) is 0 Å². The molecule has 0 unspecified atom stereocenters. The largest absolute Gasteiger partial charge is 0.319 e. The fourth-order valence-corrected chi connectivity index (χ4v) is 1.61. The highest BCUT2D eigenvalue weighted by Crippen LogP contribution is 2.27. The van der Waals surface area contributed by atoms with Crippen LogP contribution in [0.15, 0.2) is 18.2 Å². The van der Waals surface area contributed by atoms with Gasteiger partial charge in [0.25, 0.3) is 11.6 Å². The van der Waals surface area contributed by atoms with Crippen LogP contribution in [0.4, 0.5) is 11.4 Å². The van der Waals surface area contributed by atoms with Gasteiger partial charge in [-0.1, -0.05) is 11.6 Å². The van der Waals surface area contributed by atoms with E-state index < -0.39 is 10.8 Å². The first kappa shape index (κ1) is 13.0. The third-order valence-corrected chi connectivity index (χ3v) is 2.51. The number of rotatable bonds is 3. The third kappa shape index (κ3) is 2.86. The molecule has 2 N–H and O–H groups in total. The lowest BCUT2D eigenvalue weighted by Gasteiger charge is -2.03. The van der Waals surface area contributed by atoms with E-state index in [1.165, 1.54) is 18.2 Å². The van der Waals surface area contributed by atoms with E-state index >= 15 is 0 Å². The summed E-state index contributed by atoms with van der Waals surface area (Å²) in [5.41, 5.74) is 0.0939. The molecule has 0 atom stereocenters. The van der Waals surface area contributed by atoms with E-state index in [-0.39, 0.29) is 16.5 Å². The summed E-state index contributed by atoms with van der Waals surface area (Å²) >= 11 is 5.73. The summed E-state index contributed by atoms with van der Waals surface area (Å²) in [4.78, 5) is 25.6. The Morgan fingerprint density at radius 2 is 2.26 bits per heavy atom. The maximum atomic E-state index is 11.7. The van der Waals surface area contributed by atoms with E-state index in [0.717, 1.165) is 0 Å². The Hall–Kier alpha value is -2.48. The van der Waals surface area contributed by atoms with Gasteiger partial charge in [0.2, 0.25) is 5.82 Å². The van der Waals surface area contributed by atoms with Crippen molar-refractivity contribution in [1.29, 1.82) is 0 Å². The van der Waals surface area contributed by atoms with Gasteiger partial charge in [0.1, 0.15) is 10.8 Å². The van der Waals surface area contributed by atoms with Gasteiger partial charge in [-0.15, -0.1) is 5.10 Å². The van der Waals surface area contributed by atoms with Crippen molar-refractivity contribution in [2.75, 3.05) is 5.32 Å². The molecule has 2 aromatic rings. The summed E-state index contributed by atoms with van der Waals surface area (Å²) in [6.07, 6.45) is 0. The van der Waals surface area contributed by atoms with E-state index in [9.17, 15) is 14.9 Å². The van der Waals surface area contributed by atoms with Crippen molar-refractivity contribution in [3.8, 4) is 0 Å². The van der Waals surface area contributed by atoms with Crippen LogP contribution in [0.1, 0.15) is 16.4 Å². The van der Waals surface area contributed by atoms with E-state index in [4.69, 9.17) is 11.6 Å². The molecule has 0 bridgehead atoms. The number of benzene rings is 1. The molecule has 2 rings (SSSR count). The molecule has 0 aliphatic carbocycles. The fourth-order valence-electron chi connectivity index (χ4n) is 1.36. The summed E-state index contributed by atoms with van der Waals surface area (Å²) in [6.45, 7) is 1.66. The molecule has 1 amide bonds. The van der Waals surface area contributed by atoms with E-state index in [2.05, 4.69) is 20.5 Å². The zero-order valence-electron chi connectivity index (χ0n) is 9.68. The number of H-pyrrole nitrogens is 1. The maximum absolute atomic E-state index is 11.7. The second-order valence-corrected chi connectivity index (χ2v) is 4.03. The predicted octanol–water partition coefficient (Wildman–Crippen LogP) is 1.93. The van der Waals surface area contributed by atoms with Crippen LogP contribution in [0.5, 0.6) is 0 Å². The van der Waals surface area contributed by atoms with Gasteiger partial charge in [0.05, 0.1) is 4.92 Å². The number of nitrogens with zero attached hydrogens (tertiary/aromatic N) is 3. The minimum atomic E-state index is -0.605. The molecule has 0 spiro atoms. The predicted molar refractivity (Wildman–Crippen MR) is 67.2 cm³/mol. The number of amides is 1. The number of nitro groups is 1. The van der Waals surface area contributed by atoms with E-state index in [1.54, 1.807) is 6.92 Å². The number of anilines is 1. The SMILES string of the molecule is Cc1nc(C(=O)Nc2ccc([N+](=O)[O-])c(Cl)c2)n[nH]1. The number of aryl methyl sites for hydroxylation is 1. The molecule has 9 heteroatoms. The van der Waals surface area contributed by atoms with Gasteiger partial charge in [-0.25, -0.2) is 4.98 Å². The first-order valence-corrected chi connectivity index (χ1v) is 5.49. The number of aromatic amines is 1. The molecule has 1 aromatic heterocycles. The zero-order chi connectivity index (χ0) is 14.0. The Kier molecular flexibility index (Phi) is 3.43. The Bertz CT molecular complexity index is 654. The second-order valence-electron chi connectivity index (χ2n) is 3.62. The van der Waals surface area contributed by atoms with Crippen molar-refractivity contribution in [1.82, 2.24) is 15.2 Å². The Morgan fingerprint density at radius 3 is 2.79 bits per heavy atom. The van der Waals surface area contributed by atoms with Gasteiger partial charge in [0.15, 0.2) is 0 Å². The number of hydrogen-bond acceptors (Lipinski definition) is 5. The Labute approximate surface area is 112 Å². The first-order chi connectivity index (χ1) is 8.97. The van der Waals surface area contributed by atoms with Crippen LogP contribution in [-0.4, -0.2) is 26.0 Å². The molecular formula is C10H8ClN5O3. The van der Waals surface area contributed by atoms with Crippen molar-refractivity contribution in [2.45, 2.75) is 6.92 Å². The lowest BCUT2D eigenvalue weighted by Crippen LogP contribution is -2.13. The highest BCUT2D eigenvalue weighted by atomic mass is 35.5. The number of halogens is 1. The van der Waals surface area contributed by atoms with Gasteiger partial charge >= 0.3 is 0 Å². The molecule has 0 radical (unpaired) electrons. The number of aromatic nitrogens is 3. The van der Waals surface area contributed by atoms with Gasteiger partial charge < -0.3 is 5.32 Å². The van der Waals surface area contributed by atoms with Crippen molar-refractivity contribution in [3.05, 3.63) is 45.0 Å². The molecule has 8 nitrogen and oxygen atoms in total. The third-order valence-electron chi connectivity index (χ3n) is 2.20. The second kappa shape index (κ2) is 5.02. The zero-order valence-corrected chi connectivity index (χ0v) is 10.4. The first-order valence-electron chi connectivity index (χ1n) is 5.11. The van der Waals surface area contributed by atoms with E-state index in [1.807, 2.05) is 0 Å². The fraction of sp³-hybridized carbons (Fsp3) is 0.100. The van der Waals surface area contributed by atoms with Crippen LogP contribution >= 0.6 is 11.6 Å². The van der Waals surface area contributed by atoms with Gasteiger partial charge in [-0.05, 0) is 19.1 Å². The quantitative estimate of drug-likeness (QED) is 0.659. The molecular weight excluding hydrogens is 274 g/mol. The van der Waals surface area contributed by atoms with Crippen LogP contribution in [-0.2, 0) is 0 Å². The number of nitrogens with one attached hydrogen (secondary N) is 2. The average Bonchev–Trinajstić information content (AvgIpc) is 2.75. The molecule has 0 aliphatic rings. The van der Waals surface area contributed by atoms with Gasteiger partial charge in [-0.3, -0.25) is 20.0 Å². The molecule has 98 valence electrons. The van der Waals surface area contributed by atoms with Crippen LogP contribution in [0.25, 0.3) is 0 Å². The van der Waals surface area contributed by atoms with E-state index in [0.29, 0.717) is 11.5 Å². The lowest BCUT2D eigenvalue weighted by molar-refractivity contribution is -0.384. The maximum Gasteiger partial charge on any atom is 0.295 e. The average molecular weight is 282 g/mol. The number of carbonyl (C=O) groups is 1. The van der Waals surface area contributed by atoms with Crippen molar-refractivity contribution < 1.29 is 9.72 Å². The van der Waals surface area contributed by atoms with Crippen molar-refractivity contribution in [2.24, 2.45) is 0 Å². The van der Waals surface area contributed by atoms with Crippen LogP contribution < -0.4 is 5.32 Å². The monoisotopic (exact) mass is 281 g/mol. The highest BCUT2D eigenvalue weighted by Gasteiger charge is 2.15. The normalized spacial score (nSPS) is 10.2. The summed E-state index contributed by atoms with van der Waals surface area (Å²) < 4.78 is 0. The molecule has 0 saturated carbocycles. The Balaban J connectivity index is 2.18. The summed E-state index contributed by atoms with van der Waals surface area (Å²) in [5, 5.41) is 19.2. The van der Waals surface area contributed by atoms with Crippen LogP contribution in [0, 0.1) is 17.0 Å². The summed E-state index contributed by atoms with van der Waals surface area (Å²) in [6, 6.07) is 3.87. The highest BCUT2D eigenvalue weighted by molar-refractivity contribution is 6.33. The van der Waals surface area contributed by atoms with Gasteiger partial charge in [-0.2, -0.15) is 0 Å². The molecule has 0 aliphatic heterocycles. The lowest BCUT2D eigenvalue weighted by atomic mass is 10.3.